The standard InChI is InChI=1S/C15H30N2O2/c1-5-16-14(15(18)19-4)8-11-17-9-6-13(7-10-17)12(2)3/h12-14,16H,5-11H2,1-4H3. The first-order valence-electron chi connectivity index (χ1n) is 7.62. The molecule has 0 radical (unpaired) electrons. The van der Waals surface area contributed by atoms with Crippen LogP contribution in [0.15, 0.2) is 0 Å². The maximum absolute atomic E-state index is 11.6. The zero-order valence-corrected chi connectivity index (χ0v) is 12.9. The van der Waals surface area contributed by atoms with Crippen LogP contribution in [0.3, 0.4) is 0 Å². The van der Waals surface area contributed by atoms with Crippen LogP contribution in [-0.4, -0.2) is 50.2 Å². The second kappa shape index (κ2) is 8.54. The van der Waals surface area contributed by atoms with Crippen LogP contribution >= 0.6 is 0 Å². The molecule has 1 fully saturated rings. The van der Waals surface area contributed by atoms with E-state index in [-0.39, 0.29) is 12.0 Å². The summed E-state index contributed by atoms with van der Waals surface area (Å²) in [6.07, 6.45) is 3.43. The summed E-state index contributed by atoms with van der Waals surface area (Å²) in [5, 5.41) is 3.20. The lowest BCUT2D eigenvalue weighted by Crippen LogP contribution is -2.42. The van der Waals surface area contributed by atoms with Crippen molar-refractivity contribution in [3.8, 4) is 0 Å². The molecule has 0 spiro atoms. The molecule has 1 aliphatic rings. The van der Waals surface area contributed by atoms with E-state index in [1.807, 2.05) is 6.92 Å². The molecule has 1 heterocycles. The summed E-state index contributed by atoms with van der Waals surface area (Å²) in [7, 11) is 1.46. The van der Waals surface area contributed by atoms with Crippen molar-refractivity contribution >= 4 is 5.97 Å². The molecule has 0 amide bonds. The van der Waals surface area contributed by atoms with Crippen molar-refractivity contribution in [2.75, 3.05) is 33.3 Å². The molecule has 0 aliphatic carbocycles. The van der Waals surface area contributed by atoms with Gasteiger partial charge in [0.1, 0.15) is 6.04 Å². The fourth-order valence-corrected chi connectivity index (χ4v) is 2.85. The Bertz CT molecular complexity index is 261. The molecule has 1 atom stereocenters. The average Bonchev–Trinajstić information content (AvgIpc) is 2.43. The fraction of sp³-hybridized carbons (Fsp3) is 0.933. The number of nitrogens with zero attached hydrogens (tertiary/aromatic N) is 1. The number of hydrogen-bond donors (Lipinski definition) is 1. The second-order valence-electron chi connectivity index (χ2n) is 5.85. The Kier molecular flexibility index (Phi) is 7.39. The Morgan fingerprint density at radius 3 is 2.47 bits per heavy atom. The molecule has 4 nitrogen and oxygen atoms in total. The van der Waals surface area contributed by atoms with Crippen LogP contribution in [0.5, 0.6) is 0 Å². The van der Waals surface area contributed by atoms with E-state index in [2.05, 4.69) is 24.1 Å². The summed E-state index contributed by atoms with van der Waals surface area (Å²) in [4.78, 5) is 14.1. The number of piperidine rings is 1. The van der Waals surface area contributed by atoms with Gasteiger partial charge in [-0.2, -0.15) is 0 Å². The van der Waals surface area contributed by atoms with Crippen molar-refractivity contribution in [1.82, 2.24) is 10.2 Å². The smallest absolute Gasteiger partial charge is 0.322 e. The topological polar surface area (TPSA) is 41.6 Å². The molecule has 0 aromatic carbocycles. The minimum atomic E-state index is -0.155. The SMILES string of the molecule is CCNC(CCN1CCC(C(C)C)CC1)C(=O)OC. The number of methoxy groups -OCH3 is 1. The first-order valence-corrected chi connectivity index (χ1v) is 7.62. The molecule has 0 bridgehead atoms. The number of likely N-dealkylation sites (N-methyl/N-ethyl adjacent to an activating group) is 1. The van der Waals surface area contributed by atoms with E-state index >= 15 is 0 Å². The largest absolute Gasteiger partial charge is 0.468 e. The Labute approximate surface area is 117 Å². The Morgan fingerprint density at radius 2 is 2.00 bits per heavy atom. The lowest BCUT2D eigenvalue weighted by atomic mass is 9.86. The highest BCUT2D eigenvalue weighted by Crippen LogP contribution is 2.24. The highest BCUT2D eigenvalue weighted by Gasteiger charge is 2.23. The van der Waals surface area contributed by atoms with Gasteiger partial charge >= 0.3 is 5.97 Å². The molecule has 0 saturated carbocycles. The van der Waals surface area contributed by atoms with Crippen LogP contribution in [0.4, 0.5) is 0 Å². The normalized spacial score (nSPS) is 19.6. The second-order valence-corrected chi connectivity index (χ2v) is 5.85. The molecule has 112 valence electrons. The Balaban J connectivity index is 2.30. The van der Waals surface area contributed by atoms with Crippen LogP contribution in [0.1, 0.15) is 40.0 Å². The van der Waals surface area contributed by atoms with E-state index in [9.17, 15) is 4.79 Å². The molecular formula is C15H30N2O2. The number of nitrogens with one attached hydrogen (secondary N) is 1. The Morgan fingerprint density at radius 1 is 1.37 bits per heavy atom. The van der Waals surface area contributed by atoms with Gasteiger partial charge in [-0.1, -0.05) is 20.8 Å². The van der Waals surface area contributed by atoms with Gasteiger partial charge in [0.25, 0.3) is 0 Å². The van der Waals surface area contributed by atoms with Gasteiger partial charge in [0.05, 0.1) is 7.11 Å². The third-order valence-corrected chi connectivity index (χ3v) is 4.25. The molecule has 1 aliphatic heterocycles. The predicted molar refractivity (Wildman–Crippen MR) is 78.1 cm³/mol. The van der Waals surface area contributed by atoms with Gasteiger partial charge in [0.15, 0.2) is 0 Å². The molecule has 4 heteroatoms. The first kappa shape index (κ1) is 16.4. The van der Waals surface area contributed by atoms with Gasteiger partial charge in [-0.25, -0.2) is 0 Å². The van der Waals surface area contributed by atoms with Crippen LogP contribution in [0.25, 0.3) is 0 Å². The van der Waals surface area contributed by atoms with Crippen molar-refractivity contribution < 1.29 is 9.53 Å². The molecule has 0 aromatic heterocycles. The summed E-state index contributed by atoms with van der Waals surface area (Å²) in [6.45, 7) is 10.8. The minimum Gasteiger partial charge on any atom is -0.468 e. The van der Waals surface area contributed by atoms with Gasteiger partial charge < -0.3 is 15.0 Å². The minimum absolute atomic E-state index is 0.140. The number of esters is 1. The quantitative estimate of drug-likeness (QED) is 0.717. The van der Waals surface area contributed by atoms with Crippen molar-refractivity contribution in [2.45, 2.75) is 46.1 Å². The van der Waals surface area contributed by atoms with Gasteiger partial charge in [-0.15, -0.1) is 0 Å². The van der Waals surface area contributed by atoms with Gasteiger partial charge in [0, 0.05) is 6.54 Å². The summed E-state index contributed by atoms with van der Waals surface area (Å²) in [6, 6.07) is -0.155. The third-order valence-electron chi connectivity index (χ3n) is 4.25. The predicted octanol–water partition coefficient (Wildman–Crippen LogP) is 1.90. The van der Waals surface area contributed by atoms with Gasteiger partial charge in [-0.05, 0) is 50.7 Å². The van der Waals surface area contributed by atoms with E-state index in [1.54, 1.807) is 0 Å². The zero-order chi connectivity index (χ0) is 14.3. The number of carbonyl (C=O) groups is 1. The van der Waals surface area contributed by atoms with E-state index in [0.29, 0.717) is 0 Å². The van der Waals surface area contributed by atoms with Crippen molar-refractivity contribution in [2.24, 2.45) is 11.8 Å². The van der Waals surface area contributed by atoms with E-state index in [0.717, 1.165) is 31.3 Å². The highest BCUT2D eigenvalue weighted by molar-refractivity contribution is 5.75. The molecule has 1 saturated heterocycles. The van der Waals surface area contributed by atoms with Crippen molar-refractivity contribution in [3.05, 3.63) is 0 Å². The molecule has 0 aromatic rings. The lowest BCUT2D eigenvalue weighted by molar-refractivity contribution is -0.143. The fourth-order valence-electron chi connectivity index (χ4n) is 2.85. The van der Waals surface area contributed by atoms with Gasteiger partial charge in [-0.3, -0.25) is 4.79 Å². The molecule has 1 rings (SSSR count). The van der Waals surface area contributed by atoms with Crippen LogP contribution < -0.4 is 5.32 Å². The summed E-state index contributed by atoms with van der Waals surface area (Å²) in [5.41, 5.74) is 0. The number of ether oxygens (including phenoxy) is 1. The first-order chi connectivity index (χ1) is 9.08. The van der Waals surface area contributed by atoms with Crippen LogP contribution in [0, 0.1) is 11.8 Å². The Hall–Kier alpha value is -0.610. The van der Waals surface area contributed by atoms with Crippen LogP contribution in [0.2, 0.25) is 0 Å². The molecular weight excluding hydrogens is 240 g/mol. The lowest BCUT2D eigenvalue weighted by Gasteiger charge is -2.34. The molecule has 1 N–H and O–H groups in total. The van der Waals surface area contributed by atoms with Crippen LogP contribution in [-0.2, 0) is 9.53 Å². The number of hydrogen-bond acceptors (Lipinski definition) is 4. The van der Waals surface area contributed by atoms with Gasteiger partial charge in [0.2, 0.25) is 0 Å². The van der Waals surface area contributed by atoms with E-state index < -0.39 is 0 Å². The monoisotopic (exact) mass is 270 g/mol. The van der Waals surface area contributed by atoms with E-state index in [4.69, 9.17) is 4.74 Å². The highest BCUT2D eigenvalue weighted by atomic mass is 16.5. The number of carbonyl (C=O) groups excluding carboxylic acids is 1. The summed E-state index contributed by atoms with van der Waals surface area (Å²) in [5.74, 6) is 1.53. The number of likely N-dealkylation sites (tertiary alicyclic amines) is 1. The maximum atomic E-state index is 11.6. The van der Waals surface area contributed by atoms with E-state index in [1.165, 1.54) is 33.0 Å². The number of rotatable bonds is 7. The summed E-state index contributed by atoms with van der Waals surface area (Å²) < 4.78 is 4.83. The zero-order valence-electron chi connectivity index (χ0n) is 12.9. The van der Waals surface area contributed by atoms with Crippen molar-refractivity contribution in [1.29, 1.82) is 0 Å². The molecule has 19 heavy (non-hydrogen) atoms. The summed E-state index contributed by atoms with van der Waals surface area (Å²) >= 11 is 0. The maximum Gasteiger partial charge on any atom is 0.322 e. The third kappa shape index (κ3) is 5.49. The van der Waals surface area contributed by atoms with Crippen molar-refractivity contribution in [3.63, 3.8) is 0 Å². The average molecular weight is 270 g/mol. The molecule has 1 unspecified atom stereocenters.